The maximum atomic E-state index is 10.1. The van der Waals surface area contributed by atoms with E-state index in [0.29, 0.717) is 6.42 Å². The summed E-state index contributed by atoms with van der Waals surface area (Å²) >= 11 is 5.33. The Morgan fingerprint density at radius 2 is 2.33 bits per heavy atom. The molecule has 0 spiro atoms. The molecule has 3 N–H and O–H groups in total. The second-order valence-electron chi connectivity index (χ2n) is 1.99. The first-order valence-corrected chi connectivity index (χ1v) is 3.10. The molecule has 4 heteroatoms. The molecule has 3 nitrogen and oxygen atoms in total. The fourth-order valence-electron chi connectivity index (χ4n) is 0.439. The van der Waals surface area contributed by atoms with Gasteiger partial charge in [-0.1, -0.05) is 6.92 Å². The van der Waals surface area contributed by atoms with Gasteiger partial charge in [-0.15, -0.1) is 11.6 Å². The van der Waals surface area contributed by atoms with Gasteiger partial charge in [-0.25, -0.2) is 0 Å². The third-order valence-electron chi connectivity index (χ3n) is 1.00. The zero-order chi connectivity index (χ0) is 7.44. The van der Waals surface area contributed by atoms with E-state index in [1.165, 1.54) is 0 Å². The number of aliphatic carboxylic acids is 1. The topological polar surface area (TPSA) is 63.3 Å². The van der Waals surface area contributed by atoms with E-state index in [-0.39, 0.29) is 0 Å². The average Bonchev–Trinajstić information content (AvgIpc) is 1.63. The second-order valence-corrected chi connectivity index (χ2v) is 2.55. The maximum Gasteiger partial charge on any atom is 0.306 e. The van der Waals surface area contributed by atoms with E-state index in [1.807, 2.05) is 0 Å². The zero-order valence-electron chi connectivity index (χ0n) is 5.17. The van der Waals surface area contributed by atoms with Crippen molar-refractivity contribution in [3.8, 4) is 0 Å². The molecule has 0 aliphatic heterocycles. The number of carbonyl (C=O) groups is 1. The van der Waals surface area contributed by atoms with Crippen LogP contribution in [0.2, 0.25) is 0 Å². The molecule has 0 heterocycles. The van der Waals surface area contributed by atoms with Gasteiger partial charge in [0.25, 0.3) is 0 Å². The number of nitrogens with two attached hydrogens (primary N) is 1. The summed E-state index contributed by atoms with van der Waals surface area (Å²) in [5.74, 6) is -1.30. The lowest BCUT2D eigenvalue weighted by molar-refractivity contribution is -0.141. The molecule has 0 saturated heterocycles. The van der Waals surface area contributed by atoms with Crippen LogP contribution in [0.4, 0.5) is 0 Å². The summed E-state index contributed by atoms with van der Waals surface area (Å²) in [4.78, 5) is 10.1. The summed E-state index contributed by atoms with van der Waals surface area (Å²) in [7, 11) is 0. The van der Waals surface area contributed by atoms with Crippen LogP contribution < -0.4 is 5.73 Å². The summed E-state index contributed by atoms with van der Waals surface area (Å²) in [6.07, 6.45) is 0.316. The minimum Gasteiger partial charge on any atom is -0.481 e. The van der Waals surface area contributed by atoms with Crippen LogP contribution in [0.15, 0.2) is 0 Å². The minimum absolute atomic E-state index is 0.316. The first kappa shape index (κ1) is 8.72. The quantitative estimate of drug-likeness (QED) is 0.459. The molecular weight excluding hydrogens is 142 g/mol. The zero-order valence-corrected chi connectivity index (χ0v) is 5.93. The number of rotatable bonds is 3. The lowest BCUT2D eigenvalue weighted by atomic mass is 10.1. The molecule has 0 aromatic heterocycles. The van der Waals surface area contributed by atoms with E-state index in [0.717, 1.165) is 0 Å². The molecule has 0 aliphatic rings. The van der Waals surface area contributed by atoms with Gasteiger partial charge < -0.3 is 10.8 Å². The Hall–Kier alpha value is -0.280. The fraction of sp³-hybridized carbons (Fsp3) is 0.800. The molecule has 0 radical (unpaired) electrons. The van der Waals surface area contributed by atoms with Crippen molar-refractivity contribution in [1.29, 1.82) is 0 Å². The number of carboxylic acid groups (broad SMARTS) is 1. The number of hydrogen-bond donors (Lipinski definition) is 2. The standard InChI is InChI=1S/C5H10ClNO2/c1-3(5(8)9)2-4(6)7/h3-4H,2,7H2,1H3,(H,8,9). The Kier molecular flexibility index (Phi) is 3.58. The third-order valence-corrected chi connectivity index (χ3v) is 1.18. The van der Waals surface area contributed by atoms with Crippen LogP contribution in [-0.4, -0.2) is 16.6 Å². The highest BCUT2D eigenvalue weighted by molar-refractivity contribution is 6.20. The number of hydrogen-bond acceptors (Lipinski definition) is 2. The Bertz CT molecular complexity index is 105. The molecule has 0 aromatic carbocycles. The Labute approximate surface area is 58.8 Å². The molecule has 2 unspecified atom stereocenters. The van der Waals surface area contributed by atoms with Gasteiger partial charge in [-0.05, 0) is 6.42 Å². The van der Waals surface area contributed by atoms with Gasteiger partial charge >= 0.3 is 5.97 Å². The number of alkyl halides is 1. The van der Waals surface area contributed by atoms with E-state index in [2.05, 4.69) is 0 Å². The molecular formula is C5H10ClNO2. The first-order chi connectivity index (χ1) is 4.04. The highest BCUT2D eigenvalue weighted by atomic mass is 35.5. The molecule has 0 aliphatic carbocycles. The molecule has 9 heavy (non-hydrogen) atoms. The van der Waals surface area contributed by atoms with Crippen molar-refractivity contribution in [3.05, 3.63) is 0 Å². The van der Waals surface area contributed by atoms with Crippen molar-refractivity contribution in [1.82, 2.24) is 0 Å². The monoisotopic (exact) mass is 151 g/mol. The van der Waals surface area contributed by atoms with Gasteiger partial charge in [0, 0.05) is 0 Å². The number of carboxylic acids is 1. The molecule has 0 rings (SSSR count). The predicted octanol–water partition coefficient (Wildman–Crippen LogP) is 0.621. The Balaban J connectivity index is 3.50. The van der Waals surface area contributed by atoms with Crippen molar-refractivity contribution in [3.63, 3.8) is 0 Å². The molecule has 2 atom stereocenters. The van der Waals surface area contributed by atoms with Gasteiger partial charge in [0.2, 0.25) is 0 Å². The minimum atomic E-state index is -0.855. The third kappa shape index (κ3) is 4.24. The van der Waals surface area contributed by atoms with Crippen molar-refractivity contribution in [2.75, 3.05) is 0 Å². The highest BCUT2D eigenvalue weighted by Gasteiger charge is 2.12. The summed E-state index contributed by atoms with van der Waals surface area (Å²) in [5.41, 5.74) is 4.59. The van der Waals surface area contributed by atoms with Gasteiger partial charge in [-0.3, -0.25) is 4.79 Å². The van der Waals surface area contributed by atoms with Gasteiger partial charge in [-0.2, -0.15) is 0 Å². The van der Waals surface area contributed by atoms with E-state index >= 15 is 0 Å². The number of halogens is 1. The van der Waals surface area contributed by atoms with Crippen LogP contribution in [0.1, 0.15) is 13.3 Å². The van der Waals surface area contributed by atoms with E-state index in [1.54, 1.807) is 6.92 Å². The molecule has 0 saturated carbocycles. The predicted molar refractivity (Wildman–Crippen MR) is 35.2 cm³/mol. The smallest absolute Gasteiger partial charge is 0.306 e. The van der Waals surface area contributed by atoms with E-state index in [9.17, 15) is 4.79 Å². The lowest BCUT2D eigenvalue weighted by Gasteiger charge is -2.05. The SMILES string of the molecule is CC(CC(N)Cl)C(=O)O. The van der Waals surface area contributed by atoms with Crippen molar-refractivity contribution in [2.24, 2.45) is 11.7 Å². The van der Waals surface area contributed by atoms with Gasteiger partial charge in [0.05, 0.1) is 11.4 Å². The molecule has 0 amide bonds. The molecule has 0 bridgehead atoms. The van der Waals surface area contributed by atoms with Crippen molar-refractivity contribution in [2.45, 2.75) is 18.8 Å². The average molecular weight is 152 g/mol. The summed E-state index contributed by atoms with van der Waals surface area (Å²) in [5, 5.41) is 8.32. The molecule has 0 aromatic rings. The van der Waals surface area contributed by atoms with Crippen LogP contribution in [-0.2, 0) is 4.79 Å². The first-order valence-electron chi connectivity index (χ1n) is 2.66. The van der Waals surface area contributed by atoms with Crippen molar-refractivity contribution >= 4 is 17.6 Å². The fourth-order valence-corrected chi connectivity index (χ4v) is 0.706. The van der Waals surface area contributed by atoms with Crippen LogP contribution in [0.3, 0.4) is 0 Å². The second kappa shape index (κ2) is 3.69. The van der Waals surface area contributed by atoms with Crippen LogP contribution in [0.5, 0.6) is 0 Å². The van der Waals surface area contributed by atoms with Gasteiger partial charge in [0.15, 0.2) is 0 Å². The van der Waals surface area contributed by atoms with Crippen molar-refractivity contribution < 1.29 is 9.90 Å². The van der Waals surface area contributed by atoms with Crippen LogP contribution in [0.25, 0.3) is 0 Å². The van der Waals surface area contributed by atoms with Gasteiger partial charge in [0.1, 0.15) is 0 Å². The Morgan fingerprint density at radius 3 is 2.44 bits per heavy atom. The Morgan fingerprint density at radius 1 is 1.89 bits per heavy atom. The molecule has 54 valence electrons. The maximum absolute atomic E-state index is 10.1. The van der Waals surface area contributed by atoms with Crippen LogP contribution >= 0.6 is 11.6 Å². The van der Waals surface area contributed by atoms with E-state index < -0.39 is 17.4 Å². The van der Waals surface area contributed by atoms with Crippen LogP contribution in [0, 0.1) is 5.92 Å². The summed E-state index contributed by atoms with van der Waals surface area (Å²) in [6, 6.07) is 0. The highest BCUT2D eigenvalue weighted by Crippen LogP contribution is 2.06. The molecule has 0 fully saturated rings. The summed E-state index contributed by atoms with van der Waals surface area (Å²) in [6.45, 7) is 1.57. The normalized spacial score (nSPS) is 16.8. The van der Waals surface area contributed by atoms with E-state index in [4.69, 9.17) is 22.4 Å². The summed E-state index contributed by atoms with van der Waals surface area (Å²) < 4.78 is 0. The lowest BCUT2D eigenvalue weighted by Crippen LogP contribution is -2.20. The largest absolute Gasteiger partial charge is 0.481 e.